The molecule has 1 aromatic carbocycles. The summed E-state index contributed by atoms with van der Waals surface area (Å²) in [7, 11) is 0. The largest absolute Gasteiger partial charge is 0.494 e. The highest BCUT2D eigenvalue weighted by atomic mass is 16.5. The van der Waals surface area contributed by atoms with E-state index in [1.165, 1.54) is 11.1 Å². The van der Waals surface area contributed by atoms with Crippen molar-refractivity contribution in [2.24, 2.45) is 5.92 Å². The molecule has 1 aromatic rings. The molecule has 0 saturated carbocycles. The van der Waals surface area contributed by atoms with E-state index in [9.17, 15) is 4.79 Å². The molecule has 2 nitrogen and oxygen atoms in total. The number of carbonyl (C=O) groups is 1. The summed E-state index contributed by atoms with van der Waals surface area (Å²) in [5.41, 5.74) is 2.55. The Kier molecular flexibility index (Phi) is 6.07. The molecule has 0 spiro atoms. The van der Waals surface area contributed by atoms with Crippen LogP contribution in [0, 0.1) is 5.92 Å². The van der Waals surface area contributed by atoms with E-state index < -0.39 is 0 Å². The van der Waals surface area contributed by atoms with Gasteiger partial charge in [-0.15, -0.1) is 0 Å². The van der Waals surface area contributed by atoms with Gasteiger partial charge < -0.3 is 9.53 Å². The summed E-state index contributed by atoms with van der Waals surface area (Å²) in [6, 6.07) is 6.41. The molecule has 0 fully saturated rings. The summed E-state index contributed by atoms with van der Waals surface area (Å²) in [4.78, 5) is 11.1. The van der Waals surface area contributed by atoms with Crippen molar-refractivity contribution in [1.29, 1.82) is 0 Å². The molecule has 0 aliphatic heterocycles. The van der Waals surface area contributed by atoms with Crippen LogP contribution in [-0.2, 0) is 11.2 Å². The van der Waals surface area contributed by atoms with Gasteiger partial charge in [-0.1, -0.05) is 32.9 Å². The molecular formula is C17H26O2. The maximum atomic E-state index is 11.1. The molecule has 0 saturated heterocycles. The van der Waals surface area contributed by atoms with Crippen LogP contribution in [0.15, 0.2) is 18.2 Å². The third-order valence-electron chi connectivity index (χ3n) is 3.22. The minimum Gasteiger partial charge on any atom is -0.494 e. The zero-order chi connectivity index (χ0) is 14.4. The van der Waals surface area contributed by atoms with Gasteiger partial charge in [-0.25, -0.2) is 0 Å². The quantitative estimate of drug-likeness (QED) is 0.729. The zero-order valence-corrected chi connectivity index (χ0v) is 12.8. The van der Waals surface area contributed by atoms with Crippen LogP contribution < -0.4 is 4.74 Å². The highest BCUT2D eigenvalue weighted by Crippen LogP contribution is 2.28. The summed E-state index contributed by atoms with van der Waals surface area (Å²) in [6.07, 6.45) is 1.61. The van der Waals surface area contributed by atoms with Gasteiger partial charge in [0.25, 0.3) is 0 Å². The molecule has 0 aromatic heterocycles. The molecule has 0 aliphatic carbocycles. The molecule has 0 amide bonds. The van der Waals surface area contributed by atoms with Gasteiger partial charge in [0.2, 0.25) is 0 Å². The Hall–Kier alpha value is -1.31. The van der Waals surface area contributed by atoms with Crippen molar-refractivity contribution >= 4 is 5.78 Å². The van der Waals surface area contributed by atoms with Crippen LogP contribution >= 0.6 is 0 Å². The van der Waals surface area contributed by atoms with Gasteiger partial charge in [0, 0.05) is 6.42 Å². The minimum atomic E-state index is 0.266. The van der Waals surface area contributed by atoms with Crippen LogP contribution in [0.3, 0.4) is 0 Å². The Bertz CT molecular complexity index is 421. The smallest absolute Gasteiger partial charge is 0.130 e. The van der Waals surface area contributed by atoms with Crippen LogP contribution in [0.1, 0.15) is 58.1 Å². The van der Waals surface area contributed by atoms with Gasteiger partial charge >= 0.3 is 0 Å². The fourth-order valence-electron chi connectivity index (χ4n) is 2.43. The minimum absolute atomic E-state index is 0.266. The molecule has 1 atom stereocenters. The van der Waals surface area contributed by atoms with Crippen molar-refractivity contribution in [3.8, 4) is 5.75 Å². The fraction of sp³-hybridized carbons (Fsp3) is 0.588. The first-order chi connectivity index (χ1) is 8.93. The lowest BCUT2D eigenvalue weighted by Gasteiger charge is -2.16. The highest BCUT2D eigenvalue weighted by molar-refractivity contribution is 5.75. The van der Waals surface area contributed by atoms with E-state index in [2.05, 4.69) is 39.0 Å². The first kappa shape index (κ1) is 15.7. The number of Topliss-reactive ketones (excluding diaryl/α,β-unsaturated/α-hetero) is 1. The van der Waals surface area contributed by atoms with Crippen molar-refractivity contribution in [2.45, 2.75) is 53.4 Å². The Labute approximate surface area is 117 Å². The lowest BCUT2D eigenvalue weighted by atomic mass is 9.93. The molecule has 0 aliphatic rings. The van der Waals surface area contributed by atoms with E-state index >= 15 is 0 Å². The summed E-state index contributed by atoms with van der Waals surface area (Å²) in [5.74, 6) is 2.10. The first-order valence-electron chi connectivity index (χ1n) is 7.19. The standard InChI is InChI=1S/C17H26O2/c1-6-19-17-8-7-15(11-16(17)12(2)3)10-13(4)9-14(5)18/h7-8,11-13H,6,9-10H2,1-5H3. The average molecular weight is 262 g/mol. The summed E-state index contributed by atoms with van der Waals surface area (Å²) < 4.78 is 5.67. The van der Waals surface area contributed by atoms with Crippen molar-refractivity contribution in [3.63, 3.8) is 0 Å². The predicted molar refractivity (Wildman–Crippen MR) is 79.9 cm³/mol. The molecule has 0 N–H and O–H groups in total. The highest BCUT2D eigenvalue weighted by Gasteiger charge is 2.11. The molecule has 0 bridgehead atoms. The normalized spacial score (nSPS) is 12.5. The van der Waals surface area contributed by atoms with E-state index in [0.29, 0.717) is 24.9 Å². The maximum absolute atomic E-state index is 11.1. The van der Waals surface area contributed by atoms with E-state index in [0.717, 1.165) is 12.2 Å². The lowest BCUT2D eigenvalue weighted by Crippen LogP contribution is -2.06. The summed E-state index contributed by atoms with van der Waals surface area (Å²) in [6.45, 7) is 10.9. The second kappa shape index (κ2) is 7.32. The third kappa shape index (κ3) is 5.06. The molecule has 1 rings (SSSR count). The molecule has 106 valence electrons. The number of ketones is 1. The second-order valence-corrected chi connectivity index (χ2v) is 5.68. The fourth-order valence-corrected chi connectivity index (χ4v) is 2.43. The number of carbonyl (C=O) groups excluding carboxylic acids is 1. The topological polar surface area (TPSA) is 26.3 Å². The number of ether oxygens (including phenoxy) is 1. The number of hydrogen-bond donors (Lipinski definition) is 0. The van der Waals surface area contributed by atoms with Gasteiger partial charge in [0.05, 0.1) is 6.61 Å². The Balaban J connectivity index is 2.86. The van der Waals surface area contributed by atoms with Crippen LogP contribution in [0.4, 0.5) is 0 Å². The Morgan fingerprint density at radius 1 is 1.26 bits per heavy atom. The van der Waals surface area contributed by atoms with Gasteiger partial charge in [-0.05, 0) is 49.3 Å². The molecule has 19 heavy (non-hydrogen) atoms. The molecule has 0 heterocycles. The van der Waals surface area contributed by atoms with Crippen molar-refractivity contribution in [2.75, 3.05) is 6.61 Å². The van der Waals surface area contributed by atoms with Crippen molar-refractivity contribution in [1.82, 2.24) is 0 Å². The van der Waals surface area contributed by atoms with Crippen molar-refractivity contribution < 1.29 is 9.53 Å². The molecular weight excluding hydrogens is 236 g/mol. The van der Waals surface area contributed by atoms with E-state index in [1.807, 2.05) is 6.92 Å². The molecule has 0 radical (unpaired) electrons. The van der Waals surface area contributed by atoms with Crippen LogP contribution in [-0.4, -0.2) is 12.4 Å². The second-order valence-electron chi connectivity index (χ2n) is 5.68. The van der Waals surface area contributed by atoms with E-state index in [-0.39, 0.29) is 5.78 Å². The Morgan fingerprint density at radius 3 is 2.47 bits per heavy atom. The van der Waals surface area contributed by atoms with Gasteiger partial charge in [0.15, 0.2) is 0 Å². The van der Waals surface area contributed by atoms with Crippen molar-refractivity contribution in [3.05, 3.63) is 29.3 Å². The SMILES string of the molecule is CCOc1ccc(CC(C)CC(C)=O)cc1C(C)C. The van der Waals surface area contributed by atoms with Crippen LogP contribution in [0.5, 0.6) is 5.75 Å². The predicted octanol–water partition coefficient (Wildman–Crippen LogP) is 4.37. The summed E-state index contributed by atoms with van der Waals surface area (Å²) in [5, 5.41) is 0. The van der Waals surface area contributed by atoms with Gasteiger partial charge in [-0.2, -0.15) is 0 Å². The number of benzene rings is 1. The zero-order valence-electron chi connectivity index (χ0n) is 12.8. The average Bonchev–Trinajstić information content (AvgIpc) is 2.30. The first-order valence-corrected chi connectivity index (χ1v) is 7.19. The van der Waals surface area contributed by atoms with Crippen LogP contribution in [0.25, 0.3) is 0 Å². The van der Waals surface area contributed by atoms with E-state index in [4.69, 9.17) is 4.74 Å². The maximum Gasteiger partial charge on any atom is 0.130 e. The molecule has 1 unspecified atom stereocenters. The van der Waals surface area contributed by atoms with Gasteiger partial charge in [0.1, 0.15) is 11.5 Å². The number of rotatable bonds is 7. The van der Waals surface area contributed by atoms with Crippen LogP contribution in [0.2, 0.25) is 0 Å². The van der Waals surface area contributed by atoms with Gasteiger partial charge in [-0.3, -0.25) is 0 Å². The molecule has 2 heteroatoms. The van der Waals surface area contributed by atoms with E-state index in [1.54, 1.807) is 6.92 Å². The summed E-state index contributed by atoms with van der Waals surface area (Å²) >= 11 is 0. The lowest BCUT2D eigenvalue weighted by molar-refractivity contribution is -0.117. The third-order valence-corrected chi connectivity index (χ3v) is 3.22. The number of hydrogen-bond acceptors (Lipinski definition) is 2. The Morgan fingerprint density at radius 2 is 1.95 bits per heavy atom. The monoisotopic (exact) mass is 262 g/mol.